The van der Waals surface area contributed by atoms with Crippen LogP contribution in [0.4, 0.5) is 10.5 Å². The number of benzene rings is 4. The van der Waals surface area contributed by atoms with Crippen molar-refractivity contribution in [1.29, 1.82) is 0 Å². The highest BCUT2D eigenvalue weighted by Crippen LogP contribution is 2.32. The van der Waals surface area contributed by atoms with E-state index in [0.29, 0.717) is 36.0 Å². The van der Waals surface area contributed by atoms with Crippen LogP contribution in [0.2, 0.25) is 0 Å². The number of carbonyl (C=O) groups is 3. The standard InChI is InChI=1S/C31H26N2O5/c1-3-37-28-18-21(13-16-27(28)38-19-23-9-6-8-22-7-4-5-10-25(22)23)17-26-29(34)32-31(36)33(30(26)35)24-14-11-20(2)12-15-24/h4-18H,3,19H2,1-2H3,(H,32,34,36)/b26-17+. The number of nitrogens with zero attached hydrogens (tertiary/aromatic N) is 1. The van der Waals surface area contributed by atoms with Gasteiger partial charge in [0.15, 0.2) is 11.5 Å². The highest BCUT2D eigenvalue weighted by atomic mass is 16.5. The van der Waals surface area contributed by atoms with Crippen LogP contribution in [0.25, 0.3) is 16.8 Å². The molecular formula is C31H26N2O5. The van der Waals surface area contributed by atoms with Crippen molar-refractivity contribution in [3.63, 3.8) is 0 Å². The third kappa shape index (κ3) is 4.99. The van der Waals surface area contributed by atoms with Crippen molar-refractivity contribution >= 4 is 40.4 Å². The molecule has 7 nitrogen and oxygen atoms in total. The molecule has 1 heterocycles. The van der Waals surface area contributed by atoms with Crippen LogP contribution in [0.1, 0.15) is 23.6 Å². The average Bonchev–Trinajstić information content (AvgIpc) is 2.91. The van der Waals surface area contributed by atoms with Crippen LogP contribution in [0.3, 0.4) is 0 Å². The van der Waals surface area contributed by atoms with E-state index in [1.165, 1.54) is 6.08 Å². The summed E-state index contributed by atoms with van der Waals surface area (Å²) >= 11 is 0. The molecule has 0 radical (unpaired) electrons. The molecule has 4 aromatic carbocycles. The van der Waals surface area contributed by atoms with Gasteiger partial charge >= 0.3 is 6.03 Å². The Labute approximate surface area is 220 Å². The van der Waals surface area contributed by atoms with Crippen molar-refractivity contribution in [1.82, 2.24) is 5.32 Å². The first-order valence-electron chi connectivity index (χ1n) is 12.3. The Bertz CT molecular complexity index is 1570. The number of hydrogen-bond donors (Lipinski definition) is 1. The molecule has 0 saturated carbocycles. The van der Waals surface area contributed by atoms with Gasteiger partial charge in [-0.2, -0.15) is 0 Å². The van der Waals surface area contributed by atoms with Crippen LogP contribution < -0.4 is 19.7 Å². The highest BCUT2D eigenvalue weighted by Gasteiger charge is 2.36. The smallest absolute Gasteiger partial charge is 0.335 e. The molecule has 7 heteroatoms. The number of urea groups is 1. The average molecular weight is 507 g/mol. The Hall–Kier alpha value is -4.91. The van der Waals surface area contributed by atoms with Crippen molar-refractivity contribution in [3.8, 4) is 11.5 Å². The number of barbiturate groups is 1. The number of rotatable bonds is 7. The molecule has 5 rings (SSSR count). The Morgan fingerprint density at radius 1 is 0.842 bits per heavy atom. The highest BCUT2D eigenvalue weighted by molar-refractivity contribution is 6.39. The summed E-state index contributed by atoms with van der Waals surface area (Å²) in [6.07, 6.45) is 1.45. The first-order chi connectivity index (χ1) is 18.4. The van der Waals surface area contributed by atoms with Crippen molar-refractivity contribution in [2.45, 2.75) is 20.5 Å². The minimum absolute atomic E-state index is 0.156. The van der Waals surface area contributed by atoms with Gasteiger partial charge in [-0.25, -0.2) is 9.69 Å². The molecule has 190 valence electrons. The van der Waals surface area contributed by atoms with Gasteiger partial charge in [-0.15, -0.1) is 0 Å². The summed E-state index contributed by atoms with van der Waals surface area (Å²) in [5.41, 5.74) is 2.81. The Morgan fingerprint density at radius 3 is 2.39 bits per heavy atom. The van der Waals surface area contributed by atoms with Gasteiger partial charge in [0.1, 0.15) is 12.2 Å². The molecule has 0 unspecified atom stereocenters. The topological polar surface area (TPSA) is 84.9 Å². The third-order valence-electron chi connectivity index (χ3n) is 6.24. The molecule has 0 spiro atoms. The largest absolute Gasteiger partial charge is 0.490 e. The summed E-state index contributed by atoms with van der Waals surface area (Å²) in [5.74, 6) is -0.426. The molecule has 1 aliphatic rings. The maximum absolute atomic E-state index is 13.2. The number of fused-ring (bicyclic) bond motifs is 1. The zero-order valence-corrected chi connectivity index (χ0v) is 21.1. The fourth-order valence-corrected chi connectivity index (χ4v) is 4.33. The summed E-state index contributed by atoms with van der Waals surface area (Å²) in [6, 6.07) is 25.5. The van der Waals surface area contributed by atoms with Gasteiger partial charge in [-0.3, -0.25) is 14.9 Å². The number of nitrogens with one attached hydrogen (secondary N) is 1. The zero-order valence-electron chi connectivity index (χ0n) is 21.1. The fourth-order valence-electron chi connectivity index (χ4n) is 4.33. The van der Waals surface area contributed by atoms with Crippen LogP contribution >= 0.6 is 0 Å². The van der Waals surface area contributed by atoms with E-state index >= 15 is 0 Å². The first-order valence-corrected chi connectivity index (χ1v) is 12.3. The molecule has 0 aromatic heterocycles. The minimum atomic E-state index is -0.784. The summed E-state index contributed by atoms with van der Waals surface area (Å²) in [7, 11) is 0. The van der Waals surface area contributed by atoms with Gasteiger partial charge in [-0.1, -0.05) is 66.2 Å². The number of ether oxygens (including phenoxy) is 2. The lowest BCUT2D eigenvalue weighted by Gasteiger charge is -2.26. The monoisotopic (exact) mass is 506 g/mol. The Morgan fingerprint density at radius 2 is 1.61 bits per heavy atom. The molecule has 1 aliphatic heterocycles. The molecular weight excluding hydrogens is 480 g/mol. The fraction of sp³-hybridized carbons (Fsp3) is 0.129. The van der Waals surface area contributed by atoms with E-state index in [1.807, 2.05) is 38.1 Å². The summed E-state index contributed by atoms with van der Waals surface area (Å²) in [4.78, 5) is 39.2. The zero-order chi connectivity index (χ0) is 26.6. The number of carbonyl (C=O) groups excluding carboxylic acids is 3. The van der Waals surface area contributed by atoms with Crippen LogP contribution in [0.15, 0.2) is 90.5 Å². The lowest BCUT2D eigenvalue weighted by atomic mass is 10.1. The molecule has 0 bridgehead atoms. The second kappa shape index (κ2) is 10.6. The van der Waals surface area contributed by atoms with Gasteiger partial charge in [0.05, 0.1) is 12.3 Å². The van der Waals surface area contributed by atoms with Crippen LogP contribution in [0, 0.1) is 6.92 Å². The number of hydrogen-bond acceptors (Lipinski definition) is 5. The van der Waals surface area contributed by atoms with Crippen LogP contribution in [0.5, 0.6) is 11.5 Å². The number of imide groups is 2. The predicted molar refractivity (Wildman–Crippen MR) is 146 cm³/mol. The van der Waals surface area contributed by atoms with E-state index in [0.717, 1.165) is 26.8 Å². The van der Waals surface area contributed by atoms with Gasteiger partial charge < -0.3 is 9.47 Å². The minimum Gasteiger partial charge on any atom is -0.490 e. The lowest BCUT2D eigenvalue weighted by Crippen LogP contribution is -2.54. The second-order valence-electron chi connectivity index (χ2n) is 8.86. The molecule has 4 amide bonds. The van der Waals surface area contributed by atoms with E-state index in [2.05, 4.69) is 23.5 Å². The Balaban J connectivity index is 1.42. The van der Waals surface area contributed by atoms with E-state index in [4.69, 9.17) is 9.47 Å². The van der Waals surface area contributed by atoms with Crippen molar-refractivity contribution in [2.75, 3.05) is 11.5 Å². The molecule has 38 heavy (non-hydrogen) atoms. The maximum atomic E-state index is 13.2. The van der Waals surface area contributed by atoms with Gasteiger partial charge in [0.2, 0.25) is 0 Å². The number of aryl methyl sites for hydroxylation is 1. The SMILES string of the molecule is CCOc1cc(/C=C2\C(=O)NC(=O)N(c3ccc(C)cc3)C2=O)ccc1OCc1cccc2ccccc12. The van der Waals surface area contributed by atoms with E-state index in [1.54, 1.807) is 42.5 Å². The van der Waals surface area contributed by atoms with Crippen molar-refractivity contribution < 1.29 is 23.9 Å². The first kappa shape index (κ1) is 24.8. The number of anilines is 1. The maximum Gasteiger partial charge on any atom is 0.335 e. The quantitative estimate of drug-likeness (QED) is 0.253. The summed E-state index contributed by atoms with van der Waals surface area (Å²) < 4.78 is 11.9. The molecule has 4 aromatic rings. The normalized spacial score (nSPS) is 14.6. The van der Waals surface area contributed by atoms with Crippen molar-refractivity contribution in [2.24, 2.45) is 0 Å². The second-order valence-corrected chi connectivity index (χ2v) is 8.86. The van der Waals surface area contributed by atoms with Gasteiger partial charge in [-0.05, 0) is 66.1 Å². The predicted octanol–water partition coefficient (Wildman–Crippen LogP) is 5.79. The molecule has 1 saturated heterocycles. The van der Waals surface area contributed by atoms with Gasteiger partial charge in [0, 0.05) is 0 Å². The Kier molecular flexibility index (Phi) is 6.91. The van der Waals surface area contributed by atoms with E-state index < -0.39 is 17.8 Å². The molecule has 1 N–H and O–H groups in total. The molecule has 1 fully saturated rings. The van der Waals surface area contributed by atoms with E-state index in [9.17, 15) is 14.4 Å². The molecule has 0 aliphatic carbocycles. The molecule has 0 atom stereocenters. The van der Waals surface area contributed by atoms with Crippen LogP contribution in [-0.4, -0.2) is 24.5 Å². The van der Waals surface area contributed by atoms with Crippen molar-refractivity contribution in [3.05, 3.63) is 107 Å². The summed E-state index contributed by atoms with van der Waals surface area (Å²) in [6.45, 7) is 4.51. The number of amides is 4. The van der Waals surface area contributed by atoms with Crippen LogP contribution in [-0.2, 0) is 16.2 Å². The van der Waals surface area contributed by atoms with E-state index in [-0.39, 0.29) is 5.57 Å². The lowest BCUT2D eigenvalue weighted by molar-refractivity contribution is -0.122. The third-order valence-corrected chi connectivity index (χ3v) is 6.24. The summed E-state index contributed by atoms with van der Waals surface area (Å²) in [5, 5.41) is 4.50. The van der Waals surface area contributed by atoms with Gasteiger partial charge in [0.25, 0.3) is 11.8 Å².